The van der Waals surface area contributed by atoms with Gasteiger partial charge in [0.1, 0.15) is 11.8 Å². The van der Waals surface area contributed by atoms with E-state index >= 15 is 0 Å². The smallest absolute Gasteiger partial charge is 0.382 e. The molecule has 0 amide bonds. The maximum atomic E-state index is 12.4. The molecule has 2 heterocycles. The fraction of sp³-hybridized carbons (Fsp3) is 0.806. The van der Waals surface area contributed by atoms with E-state index < -0.39 is 13.4 Å². The van der Waals surface area contributed by atoms with Crippen LogP contribution in [0.15, 0.2) is 18.5 Å². The molecule has 1 unspecified atom stereocenters. The van der Waals surface area contributed by atoms with Gasteiger partial charge in [0.05, 0.1) is 18.8 Å². The molecule has 236 valence electrons. The summed E-state index contributed by atoms with van der Waals surface area (Å²) in [5.74, 6) is 0.419. The number of ether oxygens (including phenoxy) is 1. The molecule has 0 aliphatic heterocycles. The van der Waals surface area contributed by atoms with Crippen LogP contribution in [0.1, 0.15) is 135 Å². The SMILES string of the molecule is CCCCCCCCCCCCCCCCCCCOP(=O)(O)OC[C@](C)(CCc1ccc2c(N)ncnn12)OC. The van der Waals surface area contributed by atoms with Crippen molar-refractivity contribution in [3.63, 3.8) is 0 Å². The zero-order valence-electron chi connectivity index (χ0n) is 26.0. The molecule has 0 radical (unpaired) electrons. The number of aryl methyl sites for hydroxylation is 1. The standard InChI is InChI=1S/C31H57N4O5P/c1-4-5-6-7-8-9-10-11-12-13-14-15-16-17-18-19-20-25-39-41(36,37)40-26-31(2,38-3)24-23-28-21-22-29-30(32)33-27-34-35(28)29/h21-22,27H,4-20,23-26H2,1-3H3,(H,36,37)(H2,32,33,34)/t31-/m0/s1. The highest BCUT2D eigenvalue weighted by atomic mass is 31.2. The van der Waals surface area contributed by atoms with E-state index in [1.807, 2.05) is 19.1 Å². The summed E-state index contributed by atoms with van der Waals surface area (Å²) < 4.78 is 30.3. The Morgan fingerprint density at radius 3 is 1.95 bits per heavy atom. The number of hydrogen-bond donors (Lipinski definition) is 2. The lowest BCUT2D eigenvalue weighted by Gasteiger charge is -2.28. The lowest BCUT2D eigenvalue weighted by molar-refractivity contribution is -0.0442. The summed E-state index contributed by atoms with van der Waals surface area (Å²) in [6, 6.07) is 3.82. The van der Waals surface area contributed by atoms with Gasteiger partial charge in [-0.15, -0.1) is 0 Å². The summed E-state index contributed by atoms with van der Waals surface area (Å²) in [7, 11) is -2.58. The van der Waals surface area contributed by atoms with Gasteiger partial charge >= 0.3 is 7.82 Å². The van der Waals surface area contributed by atoms with Gasteiger partial charge in [0.25, 0.3) is 0 Å². The summed E-state index contributed by atoms with van der Waals surface area (Å²) in [5, 5.41) is 4.26. The maximum absolute atomic E-state index is 12.4. The van der Waals surface area contributed by atoms with Crippen molar-refractivity contribution in [1.29, 1.82) is 0 Å². The first-order valence-corrected chi connectivity index (χ1v) is 17.5. The van der Waals surface area contributed by atoms with Gasteiger partial charge in [0.15, 0.2) is 5.82 Å². The van der Waals surface area contributed by atoms with E-state index in [9.17, 15) is 9.46 Å². The Balaban J connectivity index is 1.47. The Labute approximate surface area is 248 Å². The second kappa shape index (κ2) is 20.4. The monoisotopic (exact) mass is 596 g/mol. The molecule has 0 saturated carbocycles. The molecule has 2 aromatic rings. The lowest BCUT2D eigenvalue weighted by Crippen LogP contribution is -2.33. The number of methoxy groups -OCH3 is 1. The molecule has 0 fully saturated rings. The molecule has 2 atom stereocenters. The van der Waals surface area contributed by atoms with E-state index in [1.165, 1.54) is 96.2 Å². The zero-order chi connectivity index (χ0) is 29.8. The van der Waals surface area contributed by atoms with Crippen LogP contribution in [0.25, 0.3) is 5.52 Å². The molecular formula is C31H57N4O5P. The number of nitrogens with zero attached hydrogens (tertiary/aromatic N) is 3. The Morgan fingerprint density at radius 1 is 0.878 bits per heavy atom. The first-order chi connectivity index (χ1) is 19.8. The number of phosphoric acid groups is 1. The summed E-state index contributed by atoms with van der Waals surface area (Å²) in [5.41, 5.74) is 6.83. The molecule has 0 spiro atoms. The van der Waals surface area contributed by atoms with Gasteiger partial charge in [-0.25, -0.2) is 14.1 Å². The molecular weight excluding hydrogens is 539 g/mol. The number of aromatic nitrogens is 3. The third-order valence-corrected chi connectivity index (χ3v) is 8.96. The Kier molecular flexibility index (Phi) is 17.8. The number of nitrogens with two attached hydrogens (primary N) is 1. The molecule has 0 saturated heterocycles. The molecule has 9 nitrogen and oxygen atoms in total. The third kappa shape index (κ3) is 15.0. The predicted molar refractivity (Wildman–Crippen MR) is 167 cm³/mol. The minimum Gasteiger partial charge on any atom is -0.382 e. The average molecular weight is 597 g/mol. The van der Waals surface area contributed by atoms with Crippen molar-refractivity contribution in [2.75, 3.05) is 26.1 Å². The molecule has 0 aromatic carbocycles. The van der Waals surface area contributed by atoms with Crippen LogP contribution in [0.5, 0.6) is 0 Å². The highest BCUT2D eigenvalue weighted by Gasteiger charge is 2.30. The molecule has 0 aliphatic carbocycles. The van der Waals surface area contributed by atoms with Gasteiger partial charge in [-0.2, -0.15) is 5.10 Å². The number of nitrogen functional groups attached to an aromatic ring is 1. The normalized spacial score (nSPS) is 14.8. The van der Waals surface area contributed by atoms with Gasteiger partial charge < -0.3 is 15.4 Å². The molecule has 2 rings (SSSR count). The number of phosphoric ester groups is 1. The van der Waals surface area contributed by atoms with Crippen molar-refractivity contribution < 1.29 is 23.2 Å². The average Bonchev–Trinajstić information content (AvgIpc) is 3.39. The van der Waals surface area contributed by atoms with E-state index in [0.717, 1.165) is 30.5 Å². The summed E-state index contributed by atoms with van der Waals surface area (Å²) in [6.07, 6.45) is 24.6. The summed E-state index contributed by atoms with van der Waals surface area (Å²) in [6.45, 7) is 4.28. The van der Waals surface area contributed by atoms with Crippen molar-refractivity contribution >= 4 is 19.2 Å². The molecule has 0 bridgehead atoms. The van der Waals surface area contributed by atoms with Crippen LogP contribution in [0.3, 0.4) is 0 Å². The van der Waals surface area contributed by atoms with Crippen LogP contribution >= 0.6 is 7.82 Å². The van der Waals surface area contributed by atoms with Crippen LogP contribution in [-0.4, -0.2) is 45.4 Å². The van der Waals surface area contributed by atoms with E-state index in [-0.39, 0.29) is 13.2 Å². The molecule has 2 aromatic heterocycles. The maximum Gasteiger partial charge on any atom is 0.472 e. The number of anilines is 1. The van der Waals surface area contributed by atoms with Gasteiger partial charge in [-0.05, 0) is 38.3 Å². The Morgan fingerprint density at radius 2 is 1.41 bits per heavy atom. The van der Waals surface area contributed by atoms with Gasteiger partial charge in [-0.1, -0.05) is 110 Å². The van der Waals surface area contributed by atoms with E-state index in [4.69, 9.17) is 19.5 Å². The largest absolute Gasteiger partial charge is 0.472 e. The van der Waals surface area contributed by atoms with Crippen molar-refractivity contribution in [1.82, 2.24) is 14.6 Å². The first-order valence-electron chi connectivity index (χ1n) is 16.0. The van der Waals surface area contributed by atoms with Crippen molar-refractivity contribution in [3.8, 4) is 0 Å². The Bertz CT molecular complexity index is 1000. The van der Waals surface area contributed by atoms with Crippen molar-refractivity contribution in [2.45, 2.75) is 141 Å². The van der Waals surface area contributed by atoms with Crippen LogP contribution in [0.2, 0.25) is 0 Å². The minimum atomic E-state index is -4.15. The summed E-state index contributed by atoms with van der Waals surface area (Å²) >= 11 is 0. The quantitative estimate of drug-likeness (QED) is 0.0820. The lowest BCUT2D eigenvalue weighted by atomic mass is 10.00. The molecule has 3 N–H and O–H groups in total. The van der Waals surface area contributed by atoms with Crippen molar-refractivity contribution in [3.05, 3.63) is 24.2 Å². The Hall–Kier alpha value is -1.51. The number of unbranched alkanes of at least 4 members (excludes halogenated alkanes) is 16. The third-order valence-electron chi connectivity index (χ3n) is 8.00. The fourth-order valence-electron chi connectivity index (χ4n) is 5.08. The first kappa shape index (κ1) is 35.7. The second-order valence-electron chi connectivity index (χ2n) is 11.7. The summed E-state index contributed by atoms with van der Waals surface area (Å²) in [4.78, 5) is 14.2. The molecule has 10 heteroatoms. The highest BCUT2D eigenvalue weighted by molar-refractivity contribution is 7.47. The highest BCUT2D eigenvalue weighted by Crippen LogP contribution is 2.44. The van der Waals surface area contributed by atoms with E-state index in [2.05, 4.69) is 17.0 Å². The second-order valence-corrected chi connectivity index (χ2v) is 13.1. The number of fused-ring (bicyclic) bond motifs is 1. The van der Waals surface area contributed by atoms with Crippen LogP contribution in [0.4, 0.5) is 5.82 Å². The predicted octanol–water partition coefficient (Wildman–Crippen LogP) is 8.43. The molecule has 41 heavy (non-hydrogen) atoms. The van der Waals surface area contributed by atoms with E-state index in [0.29, 0.717) is 18.7 Å². The number of hydrogen-bond acceptors (Lipinski definition) is 7. The topological polar surface area (TPSA) is 121 Å². The minimum absolute atomic E-state index is 0.0588. The molecule has 0 aliphatic rings. The van der Waals surface area contributed by atoms with Crippen LogP contribution in [-0.2, 0) is 24.8 Å². The fourth-order valence-corrected chi connectivity index (χ4v) is 5.95. The van der Waals surface area contributed by atoms with Crippen molar-refractivity contribution in [2.24, 2.45) is 0 Å². The van der Waals surface area contributed by atoms with Gasteiger partial charge in [-0.3, -0.25) is 9.05 Å². The van der Waals surface area contributed by atoms with Crippen LogP contribution in [0, 0.1) is 0 Å². The van der Waals surface area contributed by atoms with Gasteiger partial charge in [0.2, 0.25) is 0 Å². The van der Waals surface area contributed by atoms with E-state index in [1.54, 1.807) is 11.6 Å². The zero-order valence-corrected chi connectivity index (χ0v) is 26.9. The van der Waals surface area contributed by atoms with Crippen LogP contribution < -0.4 is 5.73 Å². The number of rotatable bonds is 26. The van der Waals surface area contributed by atoms with Gasteiger partial charge in [0, 0.05) is 12.8 Å².